The van der Waals surface area contributed by atoms with E-state index in [1.54, 1.807) is 12.1 Å². The highest BCUT2D eigenvalue weighted by atomic mass is 16.5. The van der Waals surface area contributed by atoms with Crippen LogP contribution in [-0.2, 0) is 16.1 Å². The number of methoxy groups -OCH3 is 1. The van der Waals surface area contributed by atoms with Crippen molar-refractivity contribution in [2.45, 2.75) is 13.0 Å². The SMILES string of the molecule is COC(=O)CCNC(=O)c1ccc(=O)n(CCOc2ccccc2)n1. The summed E-state index contributed by atoms with van der Waals surface area (Å²) in [5.74, 6) is -0.204. The molecule has 2 aromatic rings. The van der Waals surface area contributed by atoms with Crippen LogP contribution in [-0.4, -0.2) is 41.9 Å². The molecular weight excluding hydrogens is 326 g/mol. The molecule has 0 saturated heterocycles. The molecule has 0 aliphatic rings. The molecule has 0 fully saturated rings. The summed E-state index contributed by atoms with van der Waals surface area (Å²) in [5, 5.41) is 6.56. The van der Waals surface area contributed by atoms with Gasteiger partial charge in [0.05, 0.1) is 20.1 Å². The number of rotatable bonds is 8. The largest absolute Gasteiger partial charge is 0.492 e. The van der Waals surface area contributed by atoms with E-state index >= 15 is 0 Å². The van der Waals surface area contributed by atoms with Crippen LogP contribution in [0, 0.1) is 0 Å². The predicted octanol–water partition coefficient (Wildman–Crippen LogP) is 0.615. The molecule has 8 heteroatoms. The van der Waals surface area contributed by atoms with Gasteiger partial charge >= 0.3 is 5.97 Å². The van der Waals surface area contributed by atoms with E-state index in [1.807, 2.05) is 18.2 Å². The van der Waals surface area contributed by atoms with Crippen LogP contribution in [0.5, 0.6) is 5.75 Å². The Labute approximate surface area is 144 Å². The minimum absolute atomic E-state index is 0.0623. The van der Waals surface area contributed by atoms with Gasteiger partial charge in [-0.25, -0.2) is 4.68 Å². The van der Waals surface area contributed by atoms with Crippen molar-refractivity contribution in [2.75, 3.05) is 20.3 Å². The molecule has 0 aliphatic heterocycles. The van der Waals surface area contributed by atoms with E-state index in [0.717, 1.165) is 4.68 Å². The van der Waals surface area contributed by atoms with Gasteiger partial charge in [0.1, 0.15) is 18.1 Å². The number of hydrogen-bond acceptors (Lipinski definition) is 6. The van der Waals surface area contributed by atoms with Gasteiger partial charge in [-0.15, -0.1) is 0 Å². The van der Waals surface area contributed by atoms with Crippen LogP contribution in [0.2, 0.25) is 0 Å². The third-order valence-electron chi connectivity index (χ3n) is 3.26. The first-order valence-corrected chi connectivity index (χ1v) is 7.71. The lowest BCUT2D eigenvalue weighted by atomic mass is 10.3. The minimum Gasteiger partial charge on any atom is -0.492 e. The second-order valence-electron chi connectivity index (χ2n) is 5.02. The van der Waals surface area contributed by atoms with E-state index in [9.17, 15) is 14.4 Å². The van der Waals surface area contributed by atoms with Crippen molar-refractivity contribution in [3.8, 4) is 5.75 Å². The molecule has 1 amide bonds. The molecule has 0 atom stereocenters. The molecule has 8 nitrogen and oxygen atoms in total. The van der Waals surface area contributed by atoms with Crippen LogP contribution < -0.4 is 15.6 Å². The van der Waals surface area contributed by atoms with Gasteiger partial charge in [-0.05, 0) is 18.2 Å². The summed E-state index contributed by atoms with van der Waals surface area (Å²) in [5.41, 5.74) is -0.244. The van der Waals surface area contributed by atoms with Gasteiger partial charge in [0.25, 0.3) is 11.5 Å². The third kappa shape index (κ3) is 5.76. The normalized spacial score (nSPS) is 10.1. The van der Waals surface area contributed by atoms with Gasteiger partial charge in [-0.1, -0.05) is 18.2 Å². The van der Waals surface area contributed by atoms with E-state index < -0.39 is 11.9 Å². The van der Waals surface area contributed by atoms with Crippen molar-refractivity contribution in [2.24, 2.45) is 0 Å². The summed E-state index contributed by atoms with van der Waals surface area (Å²) in [7, 11) is 1.28. The summed E-state index contributed by atoms with van der Waals surface area (Å²) in [6, 6.07) is 11.8. The zero-order valence-corrected chi connectivity index (χ0v) is 13.8. The fraction of sp³-hybridized carbons (Fsp3) is 0.294. The van der Waals surface area contributed by atoms with Crippen molar-refractivity contribution in [3.05, 3.63) is 58.5 Å². The molecule has 0 spiro atoms. The van der Waals surface area contributed by atoms with Crippen LogP contribution in [0.4, 0.5) is 0 Å². The van der Waals surface area contributed by atoms with Gasteiger partial charge in [0.15, 0.2) is 0 Å². The number of para-hydroxylation sites is 1. The van der Waals surface area contributed by atoms with Gasteiger partial charge in [-0.3, -0.25) is 14.4 Å². The highest BCUT2D eigenvalue weighted by Crippen LogP contribution is 2.07. The number of nitrogens with one attached hydrogen (secondary N) is 1. The maximum atomic E-state index is 12.0. The lowest BCUT2D eigenvalue weighted by molar-refractivity contribution is -0.140. The molecule has 25 heavy (non-hydrogen) atoms. The second kappa shape index (κ2) is 9.21. The highest BCUT2D eigenvalue weighted by molar-refractivity contribution is 5.92. The molecule has 1 heterocycles. The summed E-state index contributed by atoms with van der Waals surface area (Å²) in [6.45, 7) is 0.574. The minimum atomic E-state index is -0.471. The third-order valence-corrected chi connectivity index (χ3v) is 3.26. The van der Waals surface area contributed by atoms with E-state index in [-0.39, 0.29) is 37.4 Å². The number of hydrogen-bond donors (Lipinski definition) is 1. The Balaban J connectivity index is 1.91. The molecule has 0 unspecified atom stereocenters. The van der Waals surface area contributed by atoms with Crippen molar-refractivity contribution in [1.82, 2.24) is 15.1 Å². The van der Waals surface area contributed by atoms with Gasteiger partial charge in [-0.2, -0.15) is 5.10 Å². The first kappa shape index (κ1) is 18.2. The molecular formula is C17H19N3O5. The number of ether oxygens (including phenoxy) is 2. The molecule has 0 radical (unpaired) electrons. The zero-order valence-electron chi connectivity index (χ0n) is 13.8. The molecule has 0 aliphatic carbocycles. The Bertz CT molecular complexity index is 773. The monoisotopic (exact) mass is 345 g/mol. The number of esters is 1. The average molecular weight is 345 g/mol. The lowest BCUT2D eigenvalue weighted by Crippen LogP contribution is -2.31. The van der Waals surface area contributed by atoms with Crippen molar-refractivity contribution in [1.29, 1.82) is 0 Å². The summed E-state index contributed by atoms with van der Waals surface area (Å²) in [4.78, 5) is 34.8. The highest BCUT2D eigenvalue weighted by Gasteiger charge is 2.10. The topological polar surface area (TPSA) is 99.5 Å². The van der Waals surface area contributed by atoms with E-state index in [0.29, 0.717) is 5.75 Å². The Morgan fingerprint density at radius 3 is 2.64 bits per heavy atom. The molecule has 132 valence electrons. The number of carbonyl (C=O) groups excluding carboxylic acids is 2. The Hall–Kier alpha value is -3.16. The van der Waals surface area contributed by atoms with Crippen molar-refractivity contribution in [3.63, 3.8) is 0 Å². The molecule has 2 rings (SSSR count). The van der Waals surface area contributed by atoms with Crippen LogP contribution in [0.15, 0.2) is 47.3 Å². The fourth-order valence-corrected chi connectivity index (χ4v) is 1.97. The van der Waals surface area contributed by atoms with Crippen LogP contribution in [0.3, 0.4) is 0 Å². The van der Waals surface area contributed by atoms with Crippen LogP contribution >= 0.6 is 0 Å². The Morgan fingerprint density at radius 1 is 1.16 bits per heavy atom. The van der Waals surface area contributed by atoms with E-state index in [2.05, 4.69) is 15.2 Å². The molecule has 1 N–H and O–H groups in total. The van der Waals surface area contributed by atoms with Crippen molar-refractivity contribution >= 4 is 11.9 Å². The smallest absolute Gasteiger partial charge is 0.307 e. The van der Waals surface area contributed by atoms with Gasteiger partial charge < -0.3 is 14.8 Å². The predicted molar refractivity (Wildman–Crippen MR) is 89.4 cm³/mol. The van der Waals surface area contributed by atoms with E-state index in [4.69, 9.17) is 4.74 Å². The Morgan fingerprint density at radius 2 is 1.92 bits per heavy atom. The lowest BCUT2D eigenvalue weighted by Gasteiger charge is -2.09. The quantitative estimate of drug-likeness (QED) is 0.704. The zero-order chi connectivity index (χ0) is 18.1. The van der Waals surface area contributed by atoms with Crippen LogP contribution in [0.25, 0.3) is 0 Å². The van der Waals surface area contributed by atoms with Gasteiger partial charge in [0.2, 0.25) is 0 Å². The average Bonchev–Trinajstić information content (AvgIpc) is 2.63. The number of nitrogens with zero attached hydrogens (tertiary/aromatic N) is 2. The maximum Gasteiger partial charge on any atom is 0.307 e. The van der Waals surface area contributed by atoms with E-state index in [1.165, 1.54) is 19.2 Å². The molecule has 1 aromatic carbocycles. The molecule has 0 bridgehead atoms. The summed E-state index contributed by atoms with van der Waals surface area (Å²) >= 11 is 0. The standard InChI is InChI=1S/C17H19N3O5/c1-24-16(22)9-10-18-17(23)14-7-8-15(21)20(19-14)11-12-25-13-5-3-2-4-6-13/h2-8H,9-12H2,1H3,(H,18,23). The first-order chi connectivity index (χ1) is 12.1. The van der Waals surface area contributed by atoms with Gasteiger partial charge in [0, 0.05) is 12.6 Å². The summed E-state index contributed by atoms with van der Waals surface area (Å²) < 4.78 is 11.2. The molecule has 1 aromatic heterocycles. The maximum absolute atomic E-state index is 12.0. The first-order valence-electron chi connectivity index (χ1n) is 7.71. The number of amides is 1. The summed E-state index contributed by atoms with van der Waals surface area (Å²) in [6.07, 6.45) is 0.0623. The van der Waals surface area contributed by atoms with Crippen LogP contribution in [0.1, 0.15) is 16.9 Å². The number of aromatic nitrogens is 2. The number of carbonyl (C=O) groups is 2. The fourth-order valence-electron chi connectivity index (χ4n) is 1.97. The second-order valence-corrected chi connectivity index (χ2v) is 5.02. The Kier molecular flexibility index (Phi) is 6.70. The molecule has 0 saturated carbocycles. The van der Waals surface area contributed by atoms with Crippen molar-refractivity contribution < 1.29 is 19.1 Å². The number of benzene rings is 1.